The van der Waals surface area contributed by atoms with Crippen molar-refractivity contribution in [2.24, 2.45) is 5.73 Å². The zero-order valence-corrected chi connectivity index (χ0v) is 16.7. The first-order valence-corrected chi connectivity index (χ1v) is 10.0. The van der Waals surface area contributed by atoms with Crippen molar-refractivity contribution in [2.45, 2.75) is 32.0 Å². The van der Waals surface area contributed by atoms with Gasteiger partial charge in [0.1, 0.15) is 12.4 Å². The summed E-state index contributed by atoms with van der Waals surface area (Å²) in [5, 5.41) is 0. The Balaban J connectivity index is 1.69. The monoisotopic (exact) mass is 386 g/mol. The fourth-order valence-corrected chi connectivity index (χ4v) is 3.94. The van der Waals surface area contributed by atoms with Gasteiger partial charge in [0, 0.05) is 19.2 Å². The van der Waals surface area contributed by atoms with Crippen LogP contribution in [-0.4, -0.2) is 18.9 Å². The number of rotatable bonds is 6. The second kappa shape index (κ2) is 8.50. The Hall–Kier alpha value is -3.11. The highest BCUT2D eigenvalue weighted by Gasteiger charge is 2.29. The molecule has 0 heterocycles. The van der Waals surface area contributed by atoms with E-state index in [-0.39, 0.29) is 5.78 Å². The number of carbonyl (C=O) groups excluding carboxylic acids is 1. The number of nitrogens with zero attached hydrogens (tertiary/aromatic N) is 1. The lowest BCUT2D eigenvalue weighted by molar-refractivity contribution is 0.0948. The minimum atomic E-state index is -0.411. The van der Waals surface area contributed by atoms with E-state index in [1.807, 2.05) is 60.7 Å². The Labute approximate surface area is 171 Å². The number of hydrogen-bond donors (Lipinski definition) is 1. The second-order valence-electron chi connectivity index (χ2n) is 7.56. The molecule has 2 N–H and O–H groups in total. The van der Waals surface area contributed by atoms with Crippen molar-refractivity contribution < 1.29 is 9.53 Å². The number of Topliss-reactive ketones (excluding diaryl/α,β-unsaturated/α-hetero) is 1. The van der Waals surface area contributed by atoms with Gasteiger partial charge in [0.15, 0.2) is 5.78 Å². The van der Waals surface area contributed by atoms with Crippen molar-refractivity contribution in [1.29, 1.82) is 0 Å². The molecule has 0 aromatic heterocycles. The molecule has 0 saturated heterocycles. The molecular formula is C25H26N2O2. The third kappa shape index (κ3) is 4.17. The van der Waals surface area contributed by atoms with E-state index in [0.29, 0.717) is 13.0 Å². The van der Waals surface area contributed by atoms with Crippen LogP contribution in [0.25, 0.3) is 0 Å². The highest BCUT2D eigenvalue weighted by Crippen LogP contribution is 2.38. The van der Waals surface area contributed by atoms with Crippen LogP contribution in [0.4, 0.5) is 5.69 Å². The van der Waals surface area contributed by atoms with Crippen molar-refractivity contribution in [3.8, 4) is 5.75 Å². The Bertz CT molecular complexity index is 986. The summed E-state index contributed by atoms with van der Waals surface area (Å²) in [6, 6.07) is 23.8. The van der Waals surface area contributed by atoms with Gasteiger partial charge in [-0.1, -0.05) is 60.7 Å². The standard InChI is InChI=1S/C25H26N2O2/c1-27(16-18-8-4-2-5-9-18)24-20-12-14-22(26)25(28)21(20)13-15-23(24)29-17-19-10-6-3-7-11-19/h2-11,13,15,22H,12,14,16-17,26H2,1H3. The van der Waals surface area contributed by atoms with E-state index in [4.69, 9.17) is 10.5 Å². The zero-order chi connectivity index (χ0) is 20.2. The molecule has 0 spiro atoms. The van der Waals surface area contributed by atoms with E-state index in [1.165, 1.54) is 5.56 Å². The van der Waals surface area contributed by atoms with Crippen LogP contribution in [0.1, 0.15) is 33.5 Å². The van der Waals surface area contributed by atoms with Gasteiger partial charge in [0.05, 0.1) is 11.7 Å². The number of ketones is 1. The molecule has 148 valence electrons. The molecule has 29 heavy (non-hydrogen) atoms. The van der Waals surface area contributed by atoms with Crippen LogP contribution in [0.3, 0.4) is 0 Å². The van der Waals surface area contributed by atoms with Crippen LogP contribution in [0.15, 0.2) is 72.8 Å². The van der Waals surface area contributed by atoms with Gasteiger partial charge in [-0.25, -0.2) is 0 Å². The van der Waals surface area contributed by atoms with Crippen molar-refractivity contribution in [1.82, 2.24) is 0 Å². The van der Waals surface area contributed by atoms with Crippen molar-refractivity contribution in [3.05, 3.63) is 95.1 Å². The van der Waals surface area contributed by atoms with Crippen LogP contribution < -0.4 is 15.4 Å². The lowest BCUT2D eigenvalue weighted by atomic mass is 9.86. The summed E-state index contributed by atoms with van der Waals surface area (Å²) in [6.45, 7) is 1.22. The Kier molecular flexibility index (Phi) is 5.63. The minimum Gasteiger partial charge on any atom is -0.487 e. The summed E-state index contributed by atoms with van der Waals surface area (Å²) in [7, 11) is 2.05. The fourth-order valence-electron chi connectivity index (χ4n) is 3.94. The minimum absolute atomic E-state index is 0.0234. The van der Waals surface area contributed by atoms with Gasteiger partial charge < -0.3 is 15.4 Å². The third-order valence-corrected chi connectivity index (χ3v) is 5.43. The Morgan fingerprint density at radius 3 is 2.31 bits per heavy atom. The van der Waals surface area contributed by atoms with Crippen LogP contribution in [0, 0.1) is 0 Å². The van der Waals surface area contributed by atoms with E-state index in [1.54, 1.807) is 0 Å². The van der Waals surface area contributed by atoms with Crippen LogP contribution in [0.2, 0.25) is 0 Å². The zero-order valence-electron chi connectivity index (χ0n) is 16.7. The number of benzene rings is 3. The molecule has 0 fully saturated rings. The number of anilines is 1. The number of carbonyl (C=O) groups is 1. The average Bonchev–Trinajstić information content (AvgIpc) is 2.76. The number of ether oxygens (including phenoxy) is 1. The molecule has 3 aromatic carbocycles. The maximum absolute atomic E-state index is 12.7. The SMILES string of the molecule is CN(Cc1ccccc1)c1c(OCc2ccccc2)ccc2c1CCC(N)C2=O. The fraction of sp³-hybridized carbons (Fsp3) is 0.240. The van der Waals surface area contributed by atoms with Gasteiger partial charge >= 0.3 is 0 Å². The summed E-state index contributed by atoms with van der Waals surface area (Å²) in [5.74, 6) is 0.824. The lowest BCUT2D eigenvalue weighted by Gasteiger charge is -2.30. The van der Waals surface area contributed by atoms with Crippen LogP contribution in [-0.2, 0) is 19.6 Å². The topological polar surface area (TPSA) is 55.6 Å². The summed E-state index contributed by atoms with van der Waals surface area (Å²) >= 11 is 0. The Morgan fingerprint density at radius 1 is 0.966 bits per heavy atom. The maximum Gasteiger partial charge on any atom is 0.179 e. The van der Waals surface area contributed by atoms with Gasteiger partial charge in [-0.05, 0) is 41.7 Å². The molecule has 1 unspecified atom stereocenters. The predicted molar refractivity (Wildman–Crippen MR) is 116 cm³/mol. The quantitative estimate of drug-likeness (QED) is 0.684. The summed E-state index contributed by atoms with van der Waals surface area (Å²) in [5.41, 5.74) is 11.1. The van der Waals surface area contributed by atoms with Gasteiger partial charge in [-0.15, -0.1) is 0 Å². The normalized spacial score (nSPS) is 15.7. The molecule has 4 heteroatoms. The molecule has 1 atom stereocenters. The van der Waals surface area contributed by atoms with Crippen LogP contribution >= 0.6 is 0 Å². The maximum atomic E-state index is 12.7. The van der Waals surface area contributed by atoms with Crippen molar-refractivity contribution in [2.75, 3.05) is 11.9 Å². The van der Waals surface area contributed by atoms with Crippen molar-refractivity contribution >= 4 is 11.5 Å². The van der Waals surface area contributed by atoms with Gasteiger partial charge in [0.2, 0.25) is 0 Å². The van der Waals surface area contributed by atoms with Gasteiger partial charge in [-0.2, -0.15) is 0 Å². The predicted octanol–water partition coefficient (Wildman–Crippen LogP) is 4.36. The molecule has 0 bridgehead atoms. The van der Waals surface area contributed by atoms with E-state index in [0.717, 1.165) is 41.1 Å². The van der Waals surface area contributed by atoms with Crippen molar-refractivity contribution in [3.63, 3.8) is 0 Å². The number of fused-ring (bicyclic) bond motifs is 1. The van der Waals surface area contributed by atoms with Crippen LogP contribution in [0.5, 0.6) is 5.75 Å². The smallest absolute Gasteiger partial charge is 0.179 e. The molecular weight excluding hydrogens is 360 g/mol. The molecule has 0 radical (unpaired) electrons. The van der Waals surface area contributed by atoms with E-state index < -0.39 is 6.04 Å². The number of hydrogen-bond acceptors (Lipinski definition) is 4. The first kappa shape index (κ1) is 19.2. The molecule has 4 rings (SSSR count). The van der Waals surface area contributed by atoms with E-state index in [2.05, 4.69) is 24.1 Å². The molecule has 1 aliphatic carbocycles. The molecule has 0 aliphatic heterocycles. The average molecular weight is 386 g/mol. The molecule has 3 aromatic rings. The Morgan fingerprint density at radius 2 is 1.62 bits per heavy atom. The first-order chi connectivity index (χ1) is 14.1. The van der Waals surface area contributed by atoms with Gasteiger partial charge in [0.25, 0.3) is 0 Å². The molecule has 4 nitrogen and oxygen atoms in total. The summed E-state index contributed by atoms with van der Waals surface area (Å²) in [4.78, 5) is 14.8. The summed E-state index contributed by atoms with van der Waals surface area (Å²) in [6.07, 6.45) is 1.44. The third-order valence-electron chi connectivity index (χ3n) is 5.43. The summed E-state index contributed by atoms with van der Waals surface area (Å²) < 4.78 is 6.23. The largest absolute Gasteiger partial charge is 0.487 e. The van der Waals surface area contributed by atoms with Gasteiger partial charge in [-0.3, -0.25) is 4.79 Å². The van der Waals surface area contributed by atoms with E-state index in [9.17, 15) is 4.79 Å². The first-order valence-electron chi connectivity index (χ1n) is 10.0. The molecule has 0 amide bonds. The van der Waals surface area contributed by atoms with E-state index >= 15 is 0 Å². The highest BCUT2D eigenvalue weighted by atomic mass is 16.5. The molecule has 0 saturated carbocycles. The molecule has 1 aliphatic rings. The highest BCUT2D eigenvalue weighted by molar-refractivity contribution is 6.04. The lowest BCUT2D eigenvalue weighted by Crippen LogP contribution is -2.36. The number of nitrogens with two attached hydrogens (primary N) is 1. The second-order valence-corrected chi connectivity index (χ2v) is 7.56.